The highest BCUT2D eigenvalue weighted by molar-refractivity contribution is 7.92. The molecular formula is C19H28Cl2N4O3S. The van der Waals surface area contributed by atoms with E-state index >= 15 is 0 Å². The molecule has 0 bridgehead atoms. The standard InChI is InChI=1S/C19H26N4O3S.2ClH/c1-14(16-4-6-17(7-5-16)23-13-12-21-15(23)2)22-18(24)19(27(3,25)26)8-10-20-11-9-19;;/h4-7,12-14,20H,8-11H2,1-3H3,(H,22,24);2*1H. The molecule has 1 aliphatic rings. The molecule has 29 heavy (non-hydrogen) atoms. The Bertz CT molecular complexity index is 923. The Morgan fingerprint density at radius 2 is 1.79 bits per heavy atom. The van der Waals surface area contributed by atoms with Gasteiger partial charge in [-0.25, -0.2) is 13.4 Å². The second-order valence-electron chi connectivity index (χ2n) is 7.15. The fraction of sp³-hybridized carbons (Fsp3) is 0.474. The highest BCUT2D eigenvalue weighted by Crippen LogP contribution is 2.29. The van der Waals surface area contributed by atoms with Crippen LogP contribution in [0, 0.1) is 6.92 Å². The number of nitrogens with one attached hydrogen (secondary N) is 2. The second kappa shape index (κ2) is 9.93. The van der Waals surface area contributed by atoms with E-state index in [1.165, 1.54) is 0 Å². The zero-order valence-corrected chi connectivity index (χ0v) is 19.2. The van der Waals surface area contributed by atoms with E-state index in [4.69, 9.17) is 0 Å². The van der Waals surface area contributed by atoms with Gasteiger partial charge in [-0.3, -0.25) is 4.79 Å². The van der Waals surface area contributed by atoms with Crippen molar-refractivity contribution in [3.8, 4) is 5.69 Å². The Labute approximate surface area is 184 Å². The van der Waals surface area contributed by atoms with Crippen LogP contribution < -0.4 is 10.6 Å². The van der Waals surface area contributed by atoms with E-state index < -0.39 is 20.5 Å². The molecule has 1 atom stereocenters. The molecule has 0 spiro atoms. The molecule has 1 aromatic heterocycles. The largest absolute Gasteiger partial charge is 0.348 e. The van der Waals surface area contributed by atoms with Crippen molar-refractivity contribution >= 4 is 40.6 Å². The van der Waals surface area contributed by atoms with Crippen LogP contribution in [0.3, 0.4) is 0 Å². The molecule has 1 aromatic carbocycles. The number of nitrogens with zero attached hydrogens (tertiary/aromatic N) is 2. The first-order valence-corrected chi connectivity index (χ1v) is 11.0. The van der Waals surface area contributed by atoms with Gasteiger partial charge in [-0.2, -0.15) is 0 Å². The number of rotatable bonds is 5. The first kappa shape index (κ1) is 25.4. The highest BCUT2D eigenvalue weighted by Gasteiger charge is 2.48. The minimum Gasteiger partial charge on any atom is -0.348 e. The number of benzene rings is 1. The number of hydrogen-bond donors (Lipinski definition) is 2. The molecule has 1 saturated heterocycles. The van der Waals surface area contributed by atoms with Gasteiger partial charge in [-0.15, -0.1) is 24.8 Å². The van der Waals surface area contributed by atoms with Gasteiger partial charge in [0, 0.05) is 24.3 Å². The van der Waals surface area contributed by atoms with Crippen molar-refractivity contribution in [2.75, 3.05) is 19.3 Å². The number of sulfone groups is 1. The summed E-state index contributed by atoms with van der Waals surface area (Å²) >= 11 is 0. The molecule has 1 aliphatic heterocycles. The molecule has 2 aromatic rings. The summed E-state index contributed by atoms with van der Waals surface area (Å²) in [5.74, 6) is 0.485. The maximum atomic E-state index is 12.9. The average molecular weight is 463 g/mol. The molecule has 0 saturated carbocycles. The van der Waals surface area contributed by atoms with Crippen molar-refractivity contribution in [2.45, 2.75) is 37.5 Å². The molecule has 3 rings (SSSR count). The minimum absolute atomic E-state index is 0. The number of aryl methyl sites for hydroxylation is 1. The van der Waals surface area contributed by atoms with Gasteiger partial charge in [0.15, 0.2) is 14.6 Å². The predicted octanol–water partition coefficient (Wildman–Crippen LogP) is 2.37. The zero-order chi connectivity index (χ0) is 19.7. The van der Waals surface area contributed by atoms with E-state index in [0.29, 0.717) is 25.9 Å². The topological polar surface area (TPSA) is 93.1 Å². The maximum Gasteiger partial charge on any atom is 0.242 e. The van der Waals surface area contributed by atoms with Gasteiger partial charge in [-0.05, 0) is 57.5 Å². The smallest absolute Gasteiger partial charge is 0.242 e. The Hall–Kier alpha value is -1.61. The molecule has 10 heteroatoms. The molecule has 0 aliphatic carbocycles. The van der Waals surface area contributed by atoms with E-state index in [9.17, 15) is 13.2 Å². The number of halogens is 2. The number of aromatic nitrogens is 2. The fourth-order valence-corrected chi connectivity index (χ4v) is 4.92. The molecule has 1 unspecified atom stereocenters. The summed E-state index contributed by atoms with van der Waals surface area (Å²) in [4.78, 5) is 17.1. The lowest BCUT2D eigenvalue weighted by Crippen LogP contribution is -2.57. The summed E-state index contributed by atoms with van der Waals surface area (Å²) < 4.78 is 25.4. The van der Waals surface area contributed by atoms with Crippen LogP contribution in [0.15, 0.2) is 36.7 Å². The second-order valence-corrected chi connectivity index (χ2v) is 9.47. The Morgan fingerprint density at radius 1 is 1.21 bits per heavy atom. The number of carbonyl (C=O) groups excluding carboxylic acids is 1. The van der Waals surface area contributed by atoms with Gasteiger partial charge < -0.3 is 15.2 Å². The number of imidazole rings is 1. The van der Waals surface area contributed by atoms with E-state index in [1.807, 2.05) is 48.9 Å². The van der Waals surface area contributed by atoms with E-state index in [1.54, 1.807) is 6.20 Å². The van der Waals surface area contributed by atoms with Gasteiger partial charge in [0.2, 0.25) is 5.91 Å². The third-order valence-electron chi connectivity index (χ3n) is 5.38. The lowest BCUT2D eigenvalue weighted by atomic mass is 9.95. The molecule has 1 fully saturated rings. The van der Waals surface area contributed by atoms with Crippen molar-refractivity contribution < 1.29 is 13.2 Å². The fourth-order valence-electron chi connectivity index (χ4n) is 3.58. The van der Waals surface area contributed by atoms with E-state index in [0.717, 1.165) is 23.3 Å². The van der Waals surface area contributed by atoms with Crippen molar-refractivity contribution in [3.63, 3.8) is 0 Å². The molecule has 1 amide bonds. The SMILES string of the molecule is Cc1nccn1-c1ccc(C(C)NC(=O)C2(S(C)(=O)=O)CCNCC2)cc1.Cl.Cl. The molecule has 0 radical (unpaired) electrons. The van der Waals surface area contributed by atoms with Crippen LogP contribution >= 0.6 is 24.8 Å². The Balaban J connectivity index is 0.00000210. The summed E-state index contributed by atoms with van der Waals surface area (Å²) in [5, 5.41) is 6.04. The monoisotopic (exact) mass is 462 g/mol. The molecule has 2 N–H and O–H groups in total. The van der Waals surface area contributed by atoms with Crippen LogP contribution in [-0.4, -0.2) is 48.0 Å². The molecule has 162 valence electrons. The molecular weight excluding hydrogens is 435 g/mol. The lowest BCUT2D eigenvalue weighted by Gasteiger charge is -2.35. The zero-order valence-electron chi connectivity index (χ0n) is 16.7. The van der Waals surface area contributed by atoms with Gasteiger partial charge in [0.1, 0.15) is 5.82 Å². The van der Waals surface area contributed by atoms with E-state index in [-0.39, 0.29) is 30.9 Å². The van der Waals surface area contributed by atoms with Crippen molar-refractivity contribution in [1.82, 2.24) is 20.2 Å². The number of carbonyl (C=O) groups is 1. The third kappa shape index (κ3) is 5.12. The average Bonchev–Trinajstić information content (AvgIpc) is 3.07. The first-order chi connectivity index (χ1) is 12.7. The first-order valence-electron chi connectivity index (χ1n) is 9.06. The minimum atomic E-state index is -3.52. The summed E-state index contributed by atoms with van der Waals surface area (Å²) in [7, 11) is -3.52. The molecule has 2 heterocycles. The van der Waals surface area contributed by atoms with E-state index in [2.05, 4.69) is 15.6 Å². The van der Waals surface area contributed by atoms with Crippen LogP contribution in [0.5, 0.6) is 0 Å². The summed E-state index contributed by atoms with van der Waals surface area (Å²) in [5.41, 5.74) is 1.90. The Kier molecular flexibility index (Phi) is 8.71. The van der Waals surface area contributed by atoms with Crippen LogP contribution in [-0.2, 0) is 14.6 Å². The molecule has 7 nitrogen and oxygen atoms in total. The predicted molar refractivity (Wildman–Crippen MR) is 119 cm³/mol. The van der Waals surface area contributed by atoms with Crippen LogP contribution in [0.4, 0.5) is 0 Å². The van der Waals surface area contributed by atoms with Crippen LogP contribution in [0.2, 0.25) is 0 Å². The van der Waals surface area contributed by atoms with Gasteiger partial charge in [0.25, 0.3) is 0 Å². The Morgan fingerprint density at radius 3 is 2.28 bits per heavy atom. The van der Waals surface area contributed by atoms with Gasteiger partial charge in [0.05, 0.1) is 6.04 Å². The maximum absolute atomic E-state index is 12.9. The highest BCUT2D eigenvalue weighted by atomic mass is 35.5. The van der Waals surface area contributed by atoms with Gasteiger partial charge in [-0.1, -0.05) is 12.1 Å². The van der Waals surface area contributed by atoms with Crippen molar-refractivity contribution in [1.29, 1.82) is 0 Å². The quantitative estimate of drug-likeness (QED) is 0.710. The third-order valence-corrected chi connectivity index (χ3v) is 7.39. The summed E-state index contributed by atoms with van der Waals surface area (Å²) in [6, 6.07) is 7.52. The van der Waals surface area contributed by atoms with Gasteiger partial charge >= 0.3 is 0 Å². The summed E-state index contributed by atoms with van der Waals surface area (Å²) in [6.45, 7) is 4.84. The number of piperidine rings is 1. The lowest BCUT2D eigenvalue weighted by molar-refractivity contribution is -0.125. The normalized spacial score (nSPS) is 16.8. The van der Waals surface area contributed by atoms with Crippen molar-refractivity contribution in [3.05, 3.63) is 48.0 Å². The van der Waals surface area contributed by atoms with Crippen molar-refractivity contribution in [2.24, 2.45) is 0 Å². The number of amides is 1. The summed E-state index contributed by atoms with van der Waals surface area (Å²) in [6.07, 6.45) is 5.38. The van der Waals surface area contributed by atoms with Crippen LogP contribution in [0.1, 0.15) is 37.2 Å². The van der Waals surface area contributed by atoms with Crippen LogP contribution in [0.25, 0.3) is 5.69 Å². The number of hydrogen-bond acceptors (Lipinski definition) is 5.